The van der Waals surface area contributed by atoms with Crippen LogP contribution >= 0.6 is 0 Å². The van der Waals surface area contributed by atoms with Crippen LogP contribution in [0.3, 0.4) is 0 Å². The second-order valence-electron chi connectivity index (χ2n) is 9.13. The van der Waals surface area contributed by atoms with Crippen molar-refractivity contribution in [2.24, 2.45) is 0 Å². The average Bonchev–Trinajstić information content (AvgIpc) is 2.96. The van der Waals surface area contributed by atoms with E-state index in [0.29, 0.717) is 0 Å². The van der Waals surface area contributed by atoms with Gasteiger partial charge in [-0.25, -0.2) is 0 Å². The molecule has 4 aromatic carbocycles. The van der Waals surface area contributed by atoms with Gasteiger partial charge < -0.3 is 22.3 Å². The first kappa shape index (κ1) is 32.9. The fourth-order valence-electron chi connectivity index (χ4n) is 5.16. The summed E-state index contributed by atoms with van der Waals surface area (Å²) < 4.78 is 0. The molecule has 0 aliphatic rings. The molecule has 182 valence electrons. The van der Waals surface area contributed by atoms with Gasteiger partial charge in [0.1, 0.15) is 8.80 Å². The summed E-state index contributed by atoms with van der Waals surface area (Å²) >= 11 is 0. The fourth-order valence-corrected chi connectivity index (χ4v) is 8.81. The van der Waals surface area contributed by atoms with E-state index in [1.54, 1.807) is 15.9 Å². The third-order valence-electron chi connectivity index (χ3n) is 6.94. The van der Waals surface area contributed by atoms with E-state index in [2.05, 4.69) is 114 Å². The van der Waals surface area contributed by atoms with Crippen LogP contribution in [0.2, 0.25) is 0 Å². The van der Waals surface area contributed by atoms with Gasteiger partial charge in [-0.1, -0.05) is 114 Å². The first-order valence-corrected chi connectivity index (χ1v) is 13.3. The number of hydrogen-bond donors (Lipinski definition) is 0. The molecule has 0 saturated carbocycles. The number of benzene rings is 3. The van der Waals surface area contributed by atoms with E-state index < -0.39 is 8.80 Å². The number of hydrogen-bond acceptors (Lipinski definition) is 0. The van der Waals surface area contributed by atoms with Crippen molar-refractivity contribution in [2.75, 3.05) is 0 Å². The number of rotatable bonds is 5. The summed E-state index contributed by atoms with van der Waals surface area (Å²) in [7, 11) is -1.46. The molecule has 1 atom stereocenters. The van der Waals surface area contributed by atoms with Crippen molar-refractivity contribution in [3.63, 3.8) is 0 Å². The van der Waals surface area contributed by atoms with Crippen LogP contribution in [0.15, 0.2) is 72.8 Å². The Morgan fingerprint density at radius 2 is 1.20 bits per heavy atom. The van der Waals surface area contributed by atoms with E-state index in [-0.39, 0.29) is 44.0 Å². The van der Waals surface area contributed by atoms with E-state index in [0.717, 1.165) is 6.04 Å². The van der Waals surface area contributed by atoms with Crippen LogP contribution in [-0.4, -0.2) is 8.80 Å². The van der Waals surface area contributed by atoms with Gasteiger partial charge in [-0.15, -0.1) is 39.9 Å². The SMILES string of the molecule is Cc1cc(C)cc([SiH](Cc2c(C)c(C)c(C)[c-]2-c2ccccc2)c2ccccc2C)c1.[CH3-].[CH3-].[CH3-].[Ti+4]. The van der Waals surface area contributed by atoms with Crippen molar-refractivity contribution in [1.29, 1.82) is 0 Å². The Balaban J connectivity index is 0.00000289. The third-order valence-corrected chi connectivity index (χ3v) is 10.3. The normalized spacial score (nSPS) is 10.8. The summed E-state index contributed by atoms with van der Waals surface area (Å²) in [6.07, 6.45) is 0. The molecule has 0 heterocycles. The molecular weight excluding hydrogens is 472 g/mol. The summed E-state index contributed by atoms with van der Waals surface area (Å²) in [5.74, 6) is 0. The molecule has 2 heteroatoms. The van der Waals surface area contributed by atoms with Crippen molar-refractivity contribution < 1.29 is 21.7 Å². The number of aryl methyl sites for hydroxylation is 3. The summed E-state index contributed by atoms with van der Waals surface area (Å²) in [6, 6.07) is 28.4. The Hall–Kier alpha value is -2.06. The van der Waals surface area contributed by atoms with Crippen molar-refractivity contribution in [3.05, 3.63) is 134 Å². The Kier molecular flexibility index (Phi) is 13.1. The summed E-state index contributed by atoms with van der Waals surface area (Å²) in [4.78, 5) is 0. The van der Waals surface area contributed by atoms with E-state index in [1.807, 2.05) is 0 Å². The zero-order valence-electron chi connectivity index (χ0n) is 23.2. The minimum atomic E-state index is -1.46. The maximum Gasteiger partial charge on any atom is 4.00 e. The van der Waals surface area contributed by atoms with Crippen LogP contribution < -0.4 is 10.4 Å². The molecule has 0 aliphatic heterocycles. The molecule has 0 aliphatic carbocycles. The van der Waals surface area contributed by atoms with Gasteiger partial charge in [-0.2, -0.15) is 0 Å². The predicted octanol–water partition coefficient (Wildman–Crippen LogP) is 7.39. The van der Waals surface area contributed by atoms with Crippen molar-refractivity contribution in [2.45, 2.75) is 47.6 Å². The Labute approximate surface area is 232 Å². The molecule has 0 saturated heterocycles. The molecule has 0 bridgehead atoms. The molecule has 0 spiro atoms. The minimum Gasteiger partial charge on any atom is -0.358 e. The molecule has 0 fully saturated rings. The fraction of sp³-hybridized carbons (Fsp3) is 0.212. The van der Waals surface area contributed by atoms with Gasteiger partial charge in [0.15, 0.2) is 0 Å². The Morgan fingerprint density at radius 3 is 1.77 bits per heavy atom. The first-order chi connectivity index (χ1) is 14.9. The molecule has 0 nitrogen and oxygen atoms in total. The predicted molar refractivity (Wildman–Crippen MR) is 158 cm³/mol. The zero-order valence-corrected chi connectivity index (χ0v) is 25.9. The summed E-state index contributed by atoms with van der Waals surface area (Å²) in [5.41, 5.74) is 12.9. The van der Waals surface area contributed by atoms with Gasteiger partial charge in [-0.3, -0.25) is 0 Å². The standard InChI is InChI=1S/C30H33Si.3CH3.Ti/c1-20-16-21(2)18-27(17-20)31(29-15-11-10-12-22(29)3)19-28-24(5)23(4)25(6)30(28)26-13-8-7-9-14-26;;;;/h7-18,31H,19H2,1-6H3;3*1H3;/q4*-1;+4. The van der Waals surface area contributed by atoms with Gasteiger partial charge in [-0.05, 0) is 26.8 Å². The van der Waals surface area contributed by atoms with Crippen LogP contribution in [-0.2, 0) is 27.8 Å². The second-order valence-corrected chi connectivity index (χ2v) is 11.9. The van der Waals surface area contributed by atoms with Gasteiger partial charge in [0.2, 0.25) is 0 Å². The quantitative estimate of drug-likeness (QED) is 0.192. The van der Waals surface area contributed by atoms with E-state index in [4.69, 9.17) is 0 Å². The van der Waals surface area contributed by atoms with Crippen molar-refractivity contribution >= 4 is 19.2 Å². The largest absolute Gasteiger partial charge is 4.00 e. The van der Waals surface area contributed by atoms with Gasteiger partial charge in [0, 0.05) is 0 Å². The molecule has 4 rings (SSSR count). The molecule has 35 heavy (non-hydrogen) atoms. The molecule has 0 aromatic heterocycles. The first-order valence-electron chi connectivity index (χ1n) is 11.3. The molecule has 0 N–H and O–H groups in total. The summed E-state index contributed by atoms with van der Waals surface area (Å²) in [6.45, 7) is 13.7. The van der Waals surface area contributed by atoms with Crippen LogP contribution in [0.5, 0.6) is 0 Å². The Bertz CT molecular complexity index is 1200. The molecule has 0 radical (unpaired) electrons. The monoisotopic (exact) mass is 514 g/mol. The molecule has 4 aromatic rings. The second kappa shape index (κ2) is 13.9. The van der Waals surface area contributed by atoms with Crippen molar-refractivity contribution in [1.82, 2.24) is 0 Å². The van der Waals surface area contributed by atoms with Gasteiger partial charge in [0.05, 0.1) is 0 Å². The van der Waals surface area contributed by atoms with Crippen LogP contribution in [0, 0.1) is 63.8 Å². The van der Waals surface area contributed by atoms with E-state index in [1.165, 1.54) is 44.5 Å². The topological polar surface area (TPSA) is 0 Å². The van der Waals surface area contributed by atoms with Crippen LogP contribution in [0.25, 0.3) is 11.1 Å². The average molecular weight is 515 g/mol. The zero-order chi connectivity index (χ0) is 22.1. The maximum absolute atomic E-state index is 2.44. The van der Waals surface area contributed by atoms with E-state index in [9.17, 15) is 0 Å². The van der Waals surface area contributed by atoms with Crippen molar-refractivity contribution in [3.8, 4) is 11.1 Å². The maximum atomic E-state index is 2.44. The molecular formula is C33H42SiTi. The van der Waals surface area contributed by atoms with E-state index >= 15 is 0 Å². The van der Waals surface area contributed by atoms with Crippen LogP contribution in [0.1, 0.15) is 38.9 Å². The van der Waals surface area contributed by atoms with Gasteiger partial charge >= 0.3 is 21.7 Å². The minimum absolute atomic E-state index is 0. The molecule has 1 unspecified atom stereocenters. The summed E-state index contributed by atoms with van der Waals surface area (Å²) in [5, 5.41) is 3.13. The third kappa shape index (κ3) is 6.79. The van der Waals surface area contributed by atoms with Crippen LogP contribution in [0.4, 0.5) is 0 Å². The smallest absolute Gasteiger partial charge is 0.358 e. The Morgan fingerprint density at radius 1 is 0.657 bits per heavy atom. The van der Waals surface area contributed by atoms with Gasteiger partial charge in [0.25, 0.3) is 0 Å². The molecule has 0 amide bonds.